The summed E-state index contributed by atoms with van der Waals surface area (Å²) in [4.78, 5) is 22.9. The van der Waals surface area contributed by atoms with E-state index in [1.807, 2.05) is 0 Å². The van der Waals surface area contributed by atoms with E-state index in [-0.39, 0.29) is 5.69 Å². The third kappa shape index (κ3) is 2.22. The summed E-state index contributed by atoms with van der Waals surface area (Å²) < 4.78 is 18.2. The van der Waals surface area contributed by atoms with E-state index in [9.17, 15) is 14.0 Å². The van der Waals surface area contributed by atoms with Crippen molar-refractivity contribution in [2.45, 2.75) is 0 Å². The Labute approximate surface area is 94.6 Å². The van der Waals surface area contributed by atoms with Gasteiger partial charge in [0.05, 0.1) is 0 Å². The SMILES string of the molecule is C[n+]1[nH]oc(=O)c1C(=O)Nc1ccc(F)cc1. The lowest BCUT2D eigenvalue weighted by Gasteiger charge is -1.99. The Balaban J connectivity index is 2.23. The predicted octanol–water partition coefficient (Wildman–Crippen LogP) is 0.184. The number of aromatic nitrogens is 2. The molecule has 7 heteroatoms. The third-order valence-electron chi connectivity index (χ3n) is 2.12. The van der Waals surface area contributed by atoms with Crippen LogP contribution >= 0.6 is 0 Å². The van der Waals surface area contributed by atoms with Gasteiger partial charge in [-0.1, -0.05) is 4.68 Å². The largest absolute Gasteiger partial charge is 0.440 e. The molecule has 0 bridgehead atoms. The highest BCUT2D eigenvalue weighted by Crippen LogP contribution is 2.08. The Morgan fingerprint density at radius 3 is 2.59 bits per heavy atom. The van der Waals surface area contributed by atoms with Gasteiger partial charge in [0.25, 0.3) is 0 Å². The molecule has 0 fully saturated rings. The summed E-state index contributed by atoms with van der Waals surface area (Å²) >= 11 is 0. The number of aryl methyl sites for hydroxylation is 1. The van der Waals surface area contributed by atoms with E-state index in [1.165, 1.54) is 31.3 Å². The molecule has 1 aromatic carbocycles. The van der Waals surface area contributed by atoms with E-state index in [1.54, 1.807) is 0 Å². The lowest BCUT2D eigenvalue weighted by Crippen LogP contribution is -2.41. The normalized spacial score (nSPS) is 10.2. The van der Waals surface area contributed by atoms with Gasteiger partial charge >= 0.3 is 17.2 Å². The third-order valence-corrected chi connectivity index (χ3v) is 2.12. The molecule has 0 saturated heterocycles. The number of nitrogens with one attached hydrogen (secondary N) is 2. The number of nitrogens with zero attached hydrogens (tertiary/aromatic N) is 1. The number of rotatable bonds is 2. The molecule has 0 spiro atoms. The van der Waals surface area contributed by atoms with Gasteiger partial charge in [-0.25, -0.2) is 9.18 Å². The van der Waals surface area contributed by atoms with E-state index in [0.717, 1.165) is 4.68 Å². The summed E-state index contributed by atoms with van der Waals surface area (Å²) in [6, 6.07) is 5.19. The molecule has 0 atom stereocenters. The van der Waals surface area contributed by atoms with E-state index < -0.39 is 17.3 Å². The topological polar surface area (TPSA) is 79.0 Å². The second kappa shape index (κ2) is 4.20. The maximum atomic E-state index is 12.6. The molecule has 2 rings (SSSR count). The second-order valence-electron chi connectivity index (χ2n) is 3.35. The lowest BCUT2D eigenvalue weighted by molar-refractivity contribution is -0.741. The van der Waals surface area contributed by atoms with Crippen molar-refractivity contribution < 1.29 is 18.4 Å². The van der Waals surface area contributed by atoms with Crippen LogP contribution in [-0.4, -0.2) is 11.2 Å². The Kier molecular flexibility index (Phi) is 2.73. The van der Waals surface area contributed by atoms with Gasteiger partial charge in [0, 0.05) is 5.69 Å². The summed E-state index contributed by atoms with van der Waals surface area (Å²) in [6.45, 7) is 0. The number of carbonyl (C=O) groups excluding carboxylic acids is 1. The minimum absolute atomic E-state index is 0.172. The molecule has 0 unspecified atom stereocenters. The van der Waals surface area contributed by atoms with Crippen molar-refractivity contribution in [3.63, 3.8) is 0 Å². The first-order valence-electron chi connectivity index (χ1n) is 4.72. The van der Waals surface area contributed by atoms with Crippen molar-refractivity contribution in [3.05, 3.63) is 46.2 Å². The van der Waals surface area contributed by atoms with Crippen molar-refractivity contribution >= 4 is 11.6 Å². The number of anilines is 1. The van der Waals surface area contributed by atoms with Crippen LogP contribution in [0, 0.1) is 5.82 Å². The average molecular weight is 238 g/mol. The number of H-pyrrole nitrogens is 1. The molecular weight excluding hydrogens is 229 g/mol. The molecule has 1 heterocycles. The van der Waals surface area contributed by atoms with E-state index >= 15 is 0 Å². The van der Waals surface area contributed by atoms with Crippen LogP contribution in [0.25, 0.3) is 0 Å². The Morgan fingerprint density at radius 1 is 1.41 bits per heavy atom. The van der Waals surface area contributed by atoms with Crippen molar-refractivity contribution in [2.75, 3.05) is 5.32 Å². The number of hydrogen-bond donors (Lipinski definition) is 2. The van der Waals surface area contributed by atoms with Gasteiger partial charge < -0.3 is 5.32 Å². The van der Waals surface area contributed by atoms with Crippen LogP contribution < -0.4 is 15.6 Å². The quantitative estimate of drug-likeness (QED) is 0.733. The van der Waals surface area contributed by atoms with Crippen LogP contribution in [0.15, 0.2) is 33.6 Å². The summed E-state index contributed by atoms with van der Waals surface area (Å²) in [5.41, 5.74) is -0.557. The first kappa shape index (κ1) is 11.1. The number of hydrogen-bond acceptors (Lipinski definition) is 3. The Hall–Kier alpha value is -2.44. The number of benzene rings is 1. The molecule has 2 N–H and O–H groups in total. The minimum Gasteiger partial charge on any atom is -0.316 e. The summed E-state index contributed by atoms with van der Waals surface area (Å²) in [6.07, 6.45) is 0. The maximum absolute atomic E-state index is 12.6. The highest BCUT2D eigenvalue weighted by molar-refractivity contribution is 6.01. The molecule has 88 valence electrons. The zero-order valence-electron chi connectivity index (χ0n) is 8.86. The number of carbonyl (C=O) groups is 1. The minimum atomic E-state index is -0.771. The Bertz CT molecular complexity index is 600. The van der Waals surface area contributed by atoms with Gasteiger partial charge in [0.1, 0.15) is 5.82 Å². The molecule has 6 nitrogen and oxygen atoms in total. The second-order valence-corrected chi connectivity index (χ2v) is 3.35. The molecule has 0 aliphatic carbocycles. The molecule has 17 heavy (non-hydrogen) atoms. The average Bonchev–Trinajstić information content (AvgIpc) is 2.62. The Morgan fingerprint density at radius 2 is 2.06 bits per heavy atom. The molecule has 0 aliphatic rings. The molecule has 0 aliphatic heterocycles. The van der Waals surface area contributed by atoms with Gasteiger partial charge in [-0.15, -0.1) is 0 Å². The van der Waals surface area contributed by atoms with E-state index in [0.29, 0.717) is 5.69 Å². The number of halogens is 1. The number of aromatic amines is 1. The van der Waals surface area contributed by atoms with Crippen molar-refractivity contribution in [1.29, 1.82) is 0 Å². The smallest absolute Gasteiger partial charge is 0.316 e. The van der Waals surface area contributed by atoms with Crippen LogP contribution in [0.4, 0.5) is 10.1 Å². The highest BCUT2D eigenvalue weighted by Gasteiger charge is 2.26. The molecular formula is C10H9FN3O3+. The molecule has 2 aromatic rings. The standard InChI is InChI=1S/C10H8FN3O3/c1-14-8(10(16)17-13-14)9(15)12-7-4-2-6(11)3-5-7/h2-5H,1H3,(H-,12,13,15,16)/p+1. The van der Waals surface area contributed by atoms with Crippen LogP contribution in [0.2, 0.25) is 0 Å². The van der Waals surface area contributed by atoms with Gasteiger partial charge in [-0.05, 0) is 29.5 Å². The maximum Gasteiger partial charge on any atom is 0.440 e. The zero-order chi connectivity index (χ0) is 12.4. The van der Waals surface area contributed by atoms with Crippen molar-refractivity contribution in [1.82, 2.24) is 5.27 Å². The number of amides is 1. The molecule has 1 aromatic heterocycles. The molecule has 1 amide bonds. The fourth-order valence-electron chi connectivity index (χ4n) is 1.31. The van der Waals surface area contributed by atoms with E-state index in [2.05, 4.69) is 15.1 Å². The van der Waals surface area contributed by atoms with Crippen molar-refractivity contribution in [2.24, 2.45) is 7.05 Å². The molecule has 0 radical (unpaired) electrons. The van der Waals surface area contributed by atoms with Gasteiger partial charge in [0.2, 0.25) is 0 Å². The van der Waals surface area contributed by atoms with Crippen LogP contribution in [0.5, 0.6) is 0 Å². The van der Waals surface area contributed by atoms with Crippen LogP contribution in [0.3, 0.4) is 0 Å². The summed E-state index contributed by atoms with van der Waals surface area (Å²) in [7, 11) is 1.46. The highest BCUT2D eigenvalue weighted by atomic mass is 19.1. The summed E-state index contributed by atoms with van der Waals surface area (Å²) in [5, 5.41) is 4.67. The van der Waals surface area contributed by atoms with Crippen molar-refractivity contribution in [3.8, 4) is 0 Å². The van der Waals surface area contributed by atoms with Gasteiger partial charge in [-0.3, -0.25) is 9.32 Å². The lowest BCUT2D eigenvalue weighted by atomic mass is 10.3. The van der Waals surface area contributed by atoms with Crippen LogP contribution in [0.1, 0.15) is 10.5 Å². The fraction of sp³-hybridized carbons (Fsp3) is 0.100. The van der Waals surface area contributed by atoms with Gasteiger partial charge in [0.15, 0.2) is 7.05 Å². The zero-order valence-corrected chi connectivity index (χ0v) is 8.86. The van der Waals surface area contributed by atoms with Crippen LogP contribution in [-0.2, 0) is 7.05 Å². The fourth-order valence-corrected chi connectivity index (χ4v) is 1.31. The summed E-state index contributed by atoms with van der Waals surface area (Å²) in [5.74, 6) is -1.04. The monoisotopic (exact) mass is 238 g/mol. The predicted molar refractivity (Wildman–Crippen MR) is 54.9 cm³/mol. The van der Waals surface area contributed by atoms with E-state index in [4.69, 9.17) is 0 Å². The molecule has 0 saturated carbocycles. The van der Waals surface area contributed by atoms with Gasteiger partial charge in [-0.2, -0.15) is 0 Å². The first-order chi connectivity index (χ1) is 8.08. The first-order valence-corrected chi connectivity index (χ1v) is 4.72.